The van der Waals surface area contributed by atoms with Crippen LogP contribution in [0.5, 0.6) is 0 Å². The number of hydrogen-bond donors (Lipinski definition) is 0. The molecule has 15 heavy (non-hydrogen) atoms. The van der Waals surface area contributed by atoms with Crippen LogP contribution in [0.4, 0.5) is 0 Å². The lowest BCUT2D eigenvalue weighted by Gasteiger charge is -1.97. The Labute approximate surface area is 101 Å². The summed E-state index contributed by atoms with van der Waals surface area (Å²) in [4.78, 5) is 11.9. The van der Waals surface area contributed by atoms with Gasteiger partial charge in [0.15, 0.2) is 5.78 Å². The van der Waals surface area contributed by atoms with Crippen LogP contribution in [0.1, 0.15) is 21.7 Å². The van der Waals surface area contributed by atoms with Crippen LogP contribution in [0, 0.1) is 10.5 Å². The topological polar surface area (TPSA) is 30.2 Å². The number of carbonyl (C=O) groups excluding carboxylic acids is 1. The highest BCUT2D eigenvalue weighted by Crippen LogP contribution is 2.14. The van der Waals surface area contributed by atoms with Crippen LogP contribution >= 0.6 is 22.6 Å². The van der Waals surface area contributed by atoms with Crippen LogP contribution in [-0.4, -0.2) is 5.78 Å². The molecule has 0 radical (unpaired) electrons. The standard InChI is InChI=1S/C12H9IO2/c1-8-6-10(7-15-8)12(14)9-2-4-11(13)5-3-9/h2-7H,1H3. The molecule has 1 heterocycles. The average molecular weight is 312 g/mol. The van der Waals surface area contributed by atoms with E-state index in [0.29, 0.717) is 11.1 Å². The third-order valence-electron chi connectivity index (χ3n) is 2.10. The molecule has 0 aliphatic rings. The maximum Gasteiger partial charge on any atom is 0.196 e. The maximum atomic E-state index is 11.9. The van der Waals surface area contributed by atoms with E-state index in [-0.39, 0.29) is 5.78 Å². The van der Waals surface area contributed by atoms with Crippen LogP contribution in [0.2, 0.25) is 0 Å². The van der Waals surface area contributed by atoms with E-state index in [1.807, 2.05) is 31.2 Å². The van der Waals surface area contributed by atoms with Crippen molar-refractivity contribution in [1.29, 1.82) is 0 Å². The Hall–Kier alpha value is -1.10. The van der Waals surface area contributed by atoms with Gasteiger partial charge in [0.25, 0.3) is 0 Å². The first kappa shape index (κ1) is 10.4. The SMILES string of the molecule is Cc1cc(C(=O)c2ccc(I)cc2)co1. The highest BCUT2D eigenvalue weighted by molar-refractivity contribution is 14.1. The Morgan fingerprint density at radius 1 is 1.20 bits per heavy atom. The first-order valence-corrected chi connectivity index (χ1v) is 5.60. The van der Waals surface area contributed by atoms with Gasteiger partial charge in [-0.1, -0.05) is 0 Å². The van der Waals surface area contributed by atoms with Gasteiger partial charge in [-0.25, -0.2) is 0 Å². The van der Waals surface area contributed by atoms with Gasteiger partial charge in [-0.2, -0.15) is 0 Å². The molecule has 0 spiro atoms. The van der Waals surface area contributed by atoms with Gasteiger partial charge in [-0.3, -0.25) is 4.79 Å². The van der Waals surface area contributed by atoms with Crippen molar-refractivity contribution in [3.05, 3.63) is 57.1 Å². The first-order chi connectivity index (χ1) is 7.16. The Balaban J connectivity index is 2.32. The monoisotopic (exact) mass is 312 g/mol. The minimum absolute atomic E-state index is 0.00301. The van der Waals surface area contributed by atoms with Gasteiger partial charge in [0.1, 0.15) is 12.0 Å². The molecule has 0 bridgehead atoms. The molecule has 1 aromatic heterocycles. The van der Waals surface area contributed by atoms with Crippen molar-refractivity contribution in [3.63, 3.8) is 0 Å². The fourth-order valence-electron chi connectivity index (χ4n) is 1.33. The second-order valence-electron chi connectivity index (χ2n) is 3.28. The van der Waals surface area contributed by atoms with Crippen molar-refractivity contribution >= 4 is 28.4 Å². The lowest BCUT2D eigenvalue weighted by atomic mass is 10.1. The van der Waals surface area contributed by atoms with Crippen LogP contribution < -0.4 is 0 Å². The van der Waals surface area contributed by atoms with Crippen LogP contribution in [0.15, 0.2) is 41.0 Å². The molecule has 0 amide bonds. The van der Waals surface area contributed by atoms with Crippen molar-refractivity contribution in [2.75, 3.05) is 0 Å². The molecule has 2 rings (SSSR count). The van der Waals surface area contributed by atoms with E-state index in [2.05, 4.69) is 22.6 Å². The van der Waals surface area contributed by atoms with Crippen LogP contribution in [0.25, 0.3) is 0 Å². The van der Waals surface area contributed by atoms with Crippen molar-refractivity contribution in [1.82, 2.24) is 0 Å². The van der Waals surface area contributed by atoms with Crippen molar-refractivity contribution < 1.29 is 9.21 Å². The molecule has 3 heteroatoms. The largest absolute Gasteiger partial charge is 0.469 e. The molecule has 0 aliphatic carbocycles. The van der Waals surface area contributed by atoms with Gasteiger partial charge in [-0.15, -0.1) is 0 Å². The van der Waals surface area contributed by atoms with E-state index in [4.69, 9.17) is 4.42 Å². The zero-order valence-corrected chi connectivity index (χ0v) is 10.3. The smallest absolute Gasteiger partial charge is 0.196 e. The van der Waals surface area contributed by atoms with E-state index in [1.54, 1.807) is 6.07 Å². The number of furan rings is 1. The lowest BCUT2D eigenvalue weighted by Crippen LogP contribution is -1.98. The van der Waals surface area contributed by atoms with E-state index >= 15 is 0 Å². The Morgan fingerprint density at radius 3 is 2.40 bits per heavy atom. The molecular weight excluding hydrogens is 303 g/mol. The van der Waals surface area contributed by atoms with Gasteiger partial charge in [0.05, 0.1) is 5.56 Å². The maximum absolute atomic E-state index is 11.9. The zero-order valence-electron chi connectivity index (χ0n) is 8.16. The fourth-order valence-corrected chi connectivity index (χ4v) is 1.69. The van der Waals surface area contributed by atoms with Gasteiger partial charge in [0, 0.05) is 9.13 Å². The first-order valence-electron chi connectivity index (χ1n) is 4.52. The normalized spacial score (nSPS) is 10.3. The predicted molar refractivity (Wildman–Crippen MR) is 66.0 cm³/mol. The van der Waals surface area contributed by atoms with E-state index in [9.17, 15) is 4.79 Å². The van der Waals surface area contributed by atoms with E-state index in [1.165, 1.54) is 6.26 Å². The number of ketones is 1. The van der Waals surface area contributed by atoms with Gasteiger partial charge in [-0.05, 0) is 59.8 Å². The number of halogens is 1. The van der Waals surface area contributed by atoms with Gasteiger partial charge < -0.3 is 4.42 Å². The molecule has 2 aromatic rings. The lowest BCUT2D eigenvalue weighted by molar-refractivity contribution is 0.103. The summed E-state index contributed by atoms with van der Waals surface area (Å²) >= 11 is 2.21. The molecule has 0 saturated carbocycles. The van der Waals surface area contributed by atoms with E-state index in [0.717, 1.165) is 9.33 Å². The summed E-state index contributed by atoms with van der Waals surface area (Å²) < 4.78 is 6.23. The summed E-state index contributed by atoms with van der Waals surface area (Å²) in [5.74, 6) is 0.757. The molecule has 1 aromatic carbocycles. The number of rotatable bonds is 2. The molecule has 76 valence electrons. The molecule has 0 unspecified atom stereocenters. The fraction of sp³-hybridized carbons (Fsp3) is 0.0833. The van der Waals surface area contributed by atoms with Crippen molar-refractivity contribution in [3.8, 4) is 0 Å². The highest BCUT2D eigenvalue weighted by Gasteiger charge is 2.10. The molecule has 2 nitrogen and oxygen atoms in total. The molecule has 0 saturated heterocycles. The third-order valence-corrected chi connectivity index (χ3v) is 2.82. The second kappa shape index (κ2) is 4.18. The molecule has 0 aliphatic heterocycles. The summed E-state index contributed by atoms with van der Waals surface area (Å²) in [5.41, 5.74) is 1.30. The quantitative estimate of drug-likeness (QED) is 0.628. The number of aryl methyl sites for hydroxylation is 1. The molecule has 0 atom stereocenters. The van der Waals surface area contributed by atoms with Gasteiger partial charge >= 0.3 is 0 Å². The minimum atomic E-state index is 0.00301. The minimum Gasteiger partial charge on any atom is -0.469 e. The summed E-state index contributed by atoms with van der Waals surface area (Å²) in [6, 6.07) is 9.24. The molecular formula is C12H9IO2. The molecule has 0 N–H and O–H groups in total. The van der Waals surface area contributed by atoms with Crippen LogP contribution in [-0.2, 0) is 0 Å². The highest BCUT2D eigenvalue weighted by atomic mass is 127. The summed E-state index contributed by atoms with van der Waals surface area (Å²) in [6.45, 7) is 1.82. The van der Waals surface area contributed by atoms with Crippen molar-refractivity contribution in [2.24, 2.45) is 0 Å². The molecule has 0 fully saturated rings. The van der Waals surface area contributed by atoms with Crippen LogP contribution in [0.3, 0.4) is 0 Å². The number of hydrogen-bond acceptors (Lipinski definition) is 2. The summed E-state index contributed by atoms with van der Waals surface area (Å²) in [5, 5.41) is 0. The Kier molecular flexibility index (Phi) is 2.90. The number of carbonyl (C=O) groups is 1. The summed E-state index contributed by atoms with van der Waals surface area (Å²) in [7, 11) is 0. The average Bonchev–Trinajstić information content (AvgIpc) is 2.65. The third kappa shape index (κ3) is 2.28. The zero-order chi connectivity index (χ0) is 10.8. The number of benzene rings is 1. The summed E-state index contributed by atoms with van der Waals surface area (Å²) in [6.07, 6.45) is 1.50. The Bertz CT molecular complexity index is 483. The van der Waals surface area contributed by atoms with E-state index < -0.39 is 0 Å². The second-order valence-corrected chi connectivity index (χ2v) is 4.53. The predicted octanol–water partition coefficient (Wildman–Crippen LogP) is 3.42. The van der Waals surface area contributed by atoms with Crippen molar-refractivity contribution in [2.45, 2.75) is 6.92 Å². The Morgan fingerprint density at radius 2 is 1.87 bits per heavy atom. The van der Waals surface area contributed by atoms with Gasteiger partial charge in [0.2, 0.25) is 0 Å².